The third-order valence-electron chi connectivity index (χ3n) is 3.55. The molecule has 110 valence electrons. The van der Waals surface area contributed by atoms with E-state index in [2.05, 4.69) is 4.99 Å². The first-order valence-corrected chi connectivity index (χ1v) is 7.33. The molecule has 0 aromatic rings. The summed E-state index contributed by atoms with van der Waals surface area (Å²) in [7, 11) is 1.92. The van der Waals surface area contributed by atoms with E-state index in [-0.39, 0.29) is 5.44 Å². The summed E-state index contributed by atoms with van der Waals surface area (Å²) in [6.45, 7) is 5.94. The highest BCUT2D eigenvalue weighted by Gasteiger charge is 2.52. The number of fused-ring (bicyclic) bond motifs is 1. The minimum absolute atomic E-state index is 0.362. The summed E-state index contributed by atoms with van der Waals surface area (Å²) in [6, 6.07) is -0.484. The molecule has 2 aliphatic heterocycles. The number of aliphatic hydroxyl groups is 3. The highest BCUT2D eigenvalue weighted by Crippen LogP contribution is 2.39. The molecule has 2 heterocycles. The number of rotatable bonds is 2. The number of aliphatic hydroxyl groups excluding tert-OH is 2. The quantitative estimate of drug-likeness (QED) is 0.643. The first kappa shape index (κ1) is 15.1. The topological polar surface area (TPSA) is 85.5 Å². The largest absolute Gasteiger partial charge is 0.388 e. The molecule has 0 saturated carbocycles. The maximum Gasteiger partial charge on any atom is 0.162 e. The third kappa shape index (κ3) is 2.75. The number of hydrogen-bond acceptors (Lipinski definition) is 7. The van der Waals surface area contributed by atoms with E-state index >= 15 is 0 Å². The van der Waals surface area contributed by atoms with Crippen molar-refractivity contribution in [2.24, 2.45) is 4.99 Å². The lowest BCUT2D eigenvalue weighted by molar-refractivity contribution is -0.208. The minimum atomic E-state index is -1.22. The molecule has 1 saturated heterocycles. The SMILES string of the molecule is CCN(C)C1=N[C@@H]2C(O)[C@H](O)[C@@H](C(C)(C)O)O[C@@H]2S1. The molecule has 1 fully saturated rings. The van der Waals surface area contributed by atoms with Crippen LogP contribution in [0.5, 0.6) is 0 Å². The van der Waals surface area contributed by atoms with Gasteiger partial charge in [0.05, 0.1) is 5.60 Å². The van der Waals surface area contributed by atoms with Gasteiger partial charge in [0.25, 0.3) is 0 Å². The van der Waals surface area contributed by atoms with Gasteiger partial charge in [0.2, 0.25) is 0 Å². The fraction of sp³-hybridized carbons (Fsp3) is 0.917. The molecule has 7 heteroatoms. The minimum Gasteiger partial charge on any atom is -0.388 e. The molecule has 1 unspecified atom stereocenters. The maximum atomic E-state index is 10.2. The van der Waals surface area contributed by atoms with Gasteiger partial charge in [0, 0.05) is 13.6 Å². The molecule has 2 aliphatic rings. The van der Waals surface area contributed by atoms with E-state index in [0.717, 1.165) is 11.7 Å². The molecule has 0 aliphatic carbocycles. The van der Waals surface area contributed by atoms with Gasteiger partial charge in [0.15, 0.2) is 5.17 Å². The van der Waals surface area contributed by atoms with Crippen molar-refractivity contribution in [3.63, 3.8) is 0 Å². The van der Waals surface area contributed by atoms with Crippen LogP contribution >= 0.6 is 11.8 Å². The van der Waals surface area contributed by atoms with E-state index in [4.69, 9.17) is 4.74 Å². The molecule has 3 N–H and O–H groups in total. The van der Waals surface area contributed by atoms with Crippen molar-refractivity contribution in [1.82, 2.24) is 4.90 Å². The Kier molecular flexibility index (Phi) is 4.13. The van der Waals surface area contributed by atoms with Crippen LogP contribution in [0.4, 0.5) is 0 Å². The molecule has 19 heavy (non-hydrogen) atoms. The van der Waals surface area contributed by atoms with Crippen LogP contribution in [0.15, 0.2) is 4.99 Å². The molecule has 0 radical (unpaired) electrons. The van der Waals surface area contributed by atoms with Crippen LogP contribution in [0.2, 0.25) is 0 Å². The number of ether oxygens (including phenoxy) is 1. The summed E-state index contributed by atoms with van der Waals surface area (Å²) in [5.41, 5.74) is -1.58. The van der Waals surface area contributed by atoms with Crippen molar-refractivity contribution in [2.45, 2.75) is 56.2 Å². The van der Waals surface area contributed by atoms with Gasteiger partial charge in [0.1, 0.15) is 29.8 Å². The Bertz CT molecular complexity index is 371. The van der Waals surface area contributed by atoms with Crippen LogP contribution in [0.25, 0.3) is 0 Å². The number of thioether (sulfide) groups is 1. The van der Waals surface area contributed by atoms with Crippen LogP contribution in [-0.2, 0) is 4.74 Å². The van der Waals surface area contributed by atoms with Crippen LogP contribution in [0.3, 0.4) is 0 Å². The summed E-state index contributed by atoms with van der Waals surface area (Å²) in [5.74, 6) is 0. The lowest BCUT2D eigenvalue weighted by Gasteiger charge is -2.43. The number of amidine groups is 1. The van der Waals surface area contributed by atoms with E-state index < -0.39 is 30.0 Å². The van der Waals surface area contributed by atoms with Crippen molar-refractivity contribution < 1.29 is 20.1 Å². The van der Waals surface area contributed by atoms with Gasteiger partial charge in [-0.2, -0.15) is 0 Å². The monoisotopic (exact) mass is 290 g/mol. The number of aliphatic imine (C=N–C) groups is 1. The fourth-order valence-corrected chi connectivity index (χ4v) is 3.49. The second-order valence-electron chi connectivity index (χ2n) is 5.59. The van der Waals surface area contributed by atoms with E-state index in [1.165, 1.54) is 11.8 Å². The molecule has 6 nitrogen and oxygen atoms in total. The first-order chi connectivity index (χ1) is 8.75. The molecule has 0 aromatic heterocycles. The smallest absolute Gasteiger partial charge is 0.162 e. The molecule has 2 rings (SSSR count). The molecule has 0 spiro atoms. The Morgan fingerprint density at radius 1 is 1.37 bits per heavy atom. The second kappa shape index (κ2) is 5.21. The highest BCUT2D eigenvalue weighted by molar-refractivity contribution is 8.14. The van der Waals surface area contributed by atoms with Gasteiger partial charge >= 0.3 is 0 Å². The van der Waals surface area contributed by atoms with Crippen molar-refractivity contribution in [3.05, 3.63) is 0 Å². The van der Waals surface area contributed by atoms with Crippen LogP contribution in [-0.4, -0.2) is 74.4 Å². The summed E-state index contributed by atoms with van der Waals surface area (Å²) in [5, 5.41) is 31.1. The molecule has 0 aromatic carbocycles. The Morgan fingerprint density at radius 3 is 2.53 bits per heavy atom. The number of hydrogen-bond donors (Lipinski definition) is 3. The zero-order chi connectivity index (χ0) is 14.4. The predicted molar refractivity (Wildman–Crippen MR) is 74.1 cm³/mol. The van der Waals surface area contributed by atoms with E-state index in [0.29, 0.717) is 0 Å². The second-order valence-corrected chi connectivity index (χ2v) is 6.66. The van der Waals surface area contributed by atoms with Crippen molar-refractivity contribution >= 4 is 16.9 Å². The van der Waals surface area contributed by atoms with Crippen LogP contribution < -0.4 is 0 Å². The number of nitrogens with zero attached hydrogens (tertiary/aromatic N) is 2. The van der Waals surface area contributed by atoms with Crippen LogP contribution in [0, 0.1) is 0 Å². The third-order valence-corrected chi connectivity index (χ3v) is 4.80. The molecular formula is C12H22N2O4S. The summed E-state index contributed by atoms with van der Waals surface area (Å²) >= 11 is 1.42. The lowest BCUT2D eigenvalue weighted by atomic mass is 9.89. The van der Waals surface area contributed by atoms with Gasteiger partial charge < -0.3 is 25.0 Å². The highest BCUT2D eigenvalue weighted by atomic mass is 32.2. The van der Waals surface area contributed by atoms with Gasteiger partial charge in [-0.3, -0.25) is 4.99 Å². The maximum absolute atomic E-state index is 10.2. The Morgan fingerprint density at radius 2 is 2.00 bits per heavy atom. The summed E-state index contributed by atoms with van der Waals surface area (Å²) < 4.78 is 5.74. The summed E-state index contributed by atoms with van der Waals surface area (Å²) in [4.78, 5) is 6.38. The molecule has 5 atom stereocenters. The zero-order valence-electron chi connectivity index (χ0n) is 11.6. The Balaban J connectivity index is 2.17. The molecular weight excluding hydrogens is 268 g/mol. The average molecular weight is 290 g/mol. The normalized spacial score (nSPS) is 38.9. The Hall–Kier alpha value is -0.340. The van der Waals surface area contributed by atoms with Gasteiger partial charge in [-0.25, -0.2) is 0 Å². The van der Waals surface area contributed by atoms with Gasteiger partial charge in [-0.05, 0) is 20.8 Å². The molecule has 0 bridgehead atoms. The van der Waals surface area contributed by atoms with Crippen molar-refractivity contribution in [1.29, 1.82) is 0 Å². The van der Waals surface area contributed by atoms with Gasteiger partial charge in [-0.1, -0.05) is 11.8 Å². The average Bonchev–Trinajstić information content (AvgIpc) is 2.75. The Labute approximate surface area is 117 Å². The molecule has 0 amide bonds. The van der Waals surface area contributed by atoms with E-state index in [1.54, 1.807) is 13.8 Å². The zero-order valence-corrected chi connectivity index (χ0v) is 12.5. The first-order valence-electron chi connectivity index (χ1n) is 6.45. The van der Waals surface area contributed by atoms with Crippen molar-refractivity contribution in [3.8, 4) is 0 Å². The van der Waals surface area contributed by atoms with Crippen molar-refractivity contribution in [2.75, 3.05) is 13.6 Å². The fourth-order valence-electron chi connectivity index (χ4n) is 2.25. The van der Waals surface area contributed by atoms with Gasteiger partial charge in [-0.15, -0.1) is 0 Å². The van der Waals surface area contributed by atoms with Crippen LogP contribution in [0.1, 0.15) is 20.8 Å². The van der Waals surface area contributed by atoms with E-state index in [9.17, 15) is 15.3 Å². The predicted octanol–water partition coefficient (Wildman–Crippen LogP) is -0.373. The standard InChI is InChI=1S/C12H22N2O4S/c1-5-14(4)11-13-6-7(15)8(16)9(12(2,3)17)18-10(6)19-11/h6-10,15-17H,5H2,1-4H3/t6-,7?,8+,9+,10-/m1/s1. The lowest BCUT2D eigenvalue weighted by Crippen LogP contribution is -2.61. The summed E-state index contributed by atoms with van der Waals surface area (Å²) in [6.07, 6.45) is -2.99. The van der Waals surface area contributed by atoms with E-state index in [1.807, 2.05) is 18.9 Å².